The van der Waals surface area contributed by atoms with Crippen molar-refractivity contribution in [3.63, 3.8) is 0 Å². The molecule has 2 N–H and O–H groups in total. The fourth-order valence-electron chi connectivity index (χ4n) is 2.55. The minimum atomic E-state index is -3.64. The summed E-state index contributed by atoms with van der Waals surface area (Å²) in [5.74, 6) is 0.162. The molecule has 160 valence electrons. The van der Waals surface area contributed by atoms with E-state index in [1.165, 1.54) is 12.1 Å². The van der Waals surface area contributed by atoms with Crippen molar-refractivity contribution in [2.45, 2.75) is 0 Å². The molecule has 0 aromatic heterocycles. The Labute approximate surface area is 189 Å². The second kappa shape index (κ2) is 9.82. The van der Waals surface area contributed by atoms with E-state index in [0.29, 0.717) is 32.6 Å². The highest BCUT2D eigenvalue weighted by Gasteiger charge is 2.11. The van der Waals surface area contributed by atoms with Crippen LogP contribution in [0.15, 0.2) is 77.9 Å². The number of nitrogens with one attached hydrogen (secondary N) is 2. The normalized spacial score (nSPS) is 11.6. The highest BCUT2D eigenvalue weighted by Crippen LogP contribution is 2.19. The highest BCUT2D eigenvalue weighted by molar-refractivity contribution is 7.86. The van der Waals surface area contributed by atoms with Crippen molar-refractivity contribution in [1.82, 2.24) is 5.43 Å². The second-order valence-corrected chi connectivity index (χ2v) is 8.80. The summed E-state index contributed by atoms with van der Waals surface area (Å²) in [6.45, 7) is 0. The molecule has 0 unspecified atom stereocenters. The van der Waals surface area contributed by atoms with Gasteiger partial charge in [0.05, 0.1) is 12.0 Å². The number of amides is 2. The first-order chi connectivity index (χ1) is 14.7. The number of anilines is 1. The van der Waals surface area contributed by atoms with Gasteiger partial charge in [0.2, 0.25) is 0 Å². The fourth-order valence-corrected chi connectivity index (χ4v) is 3.26. The zero-order valence-corrected chi connectivity index (χ0v) is 18.5. The monoisotopic (exact) mass is 477 g/mol. The molecule has 3 aromatic rings. The third-order valence-corrected chi connectivity index (χ3v) is 4.86. The van der Waals surface area contributed by atoms with Crippen molar-refractivity contribution in [1.29, 1.82) is 0 Å². The number of halogens is 2. The highest BCUT2D eigenvalue weighted by atomic mass is 35.5. The zero-order valence-electron chi connectivity index (χ0n) is 16.2. The van der Waals surface area contributed by atoms with E-state index in [-0.39, 0.29) is 5.75 Å². The van der Waals surface area contributed by atoms with E-state index in [0.717, 1.165) is 6.26 Å². The third-order valence-electron chi connectivity index (χ3n) is 3.86. The summed E-state index contributed by atoms with van der Waals surface area (Å²) in [6.07, 6.45) is 0.963. The van der Waals surface area contributed by atoms with E-state index in [1.807, 2.05) is 0 Å². The van der Waals surface area contributed by atoms with Crippen LogP contribution in [0.2, 0.25) is 10.0 Å². The topological polar surface area (TPSA) is 96.9 Å². The van der Waals surface area contributed by atoms with Gasteiger partial charge >= 0.3 is 16.1 Å². The van der Waals surface area contributed by atoms with Crippen LogP contribution in [0.3, 0.4) is 0 Å². The fraction of sp³-hybridized carbons (Fsp3) is 0.0476. The van der Waals surface area contributed by atoms with E-state index >= 15 is 0 Å². The SMILES string of the molecule is CS(=O)(=O)Oc1ccc(/C(=N/NC(=O)Nc2ccc(Cl)cc2)c2ccc(Cl)cc2)cc1. The van der Waals surface area contributed by atoms with Gasteiger partial charge in [-0.15, -0.1) is 0 Å². The first-order valence-electron chi connectivity index (χ1n) is 8.86. The molecule has 0 aliphatic rings. The second-order valence-electron chi connectivity index (χ2n) is 6.35. The van der Waals surface area contributed by atoms with Crippen molar-refractivity contribution < 1.29 is 17.4 Å². The van der Waals surface area contributed by atoms with Gasteiger partial charge < -0.3 is 9.50 Å². The standard InChI is InChI=1S/C21H17Cl2N3O4S/c1-31(28,29)30-19-12-4-15(5-13-19)20(14-2-6-16(22)7-3-14)25-26-21(27)24-18-10-8-17(23)9-11-18/h2-13H,1H3,(H2,24,26,27)/b25-20+. The molecular formula is C21H17Cl2N3O4S. The van der Waals surface area contributed by atoms with Gasteiger partial charge in [-0.05, 0) is 60.7 Å². The molecule has 0 spiro atoms. The van der Waals surface area contributed by atoms with E-state index in [9.17, 15) is 13.2 Å². The molecule has 0 radical (unpaired) electrons. The number of benzene rings is 3. The Morgan fingerprint density at radius 1 is 0.839 bits per heavy atom. The lowest BCUT2D eigenvalue weighted by atomic mass is 10.0. The maximum absolute atomic E-state index is 12.3. The molecule has 0 saturated heterocycles. The summed E-state index contributed by atoms with van der Waals surface area (Å²) in [7, 11) is -3.64. The van der Waals surface area contributed by atoms with Crippen molar-refractivity contribution >= 4 is 50.8 Å². The van der Waals surface area contributed by atoms with E-state index in [2.05, 4.69) is 15.8 Å². The zero-order chi connectivity index (χ0) is 22.4. The van der Waals surface area contributed by atoms with Crippen molar-refractivity contribution in [2.24, 2.45) is 5.10 Å². The lowest BCUT2D eigenvalue weighted by Crippen LogP contribution is -2.26. The number of hydrogen-bond acceptors (Lipinski definition) is 5. The van der Waals surface area contributed by atoms with Gasteiger partial charge in [0, 0.05) is 26.9 Å². The number of hydrogen-bond donors (Lipinski definition) is 2. The maximum Gasteiger partial charge on any atom is 0.339 e. The molecule has 0 aliphatic carbocycles. The van der Waals surface area contributed by atoms with Gasteiger partial charge in [-0.2, -0.15) is 13.5 Å². The lowest BCUT2D eigenvalue weighted by Gasteiger charge is -2.10. The summed E-state index contributed by atoms with van der Waals surface area (Å²) in [6, 6.07) is 19.2. The largest absolute Gasteiger partial charge is 0.383 e. The number of carbonyl (C=O) groups is 1. The molecule has 7 nitrogen and oxygen atoms in total. The minimum Gasteiger partial charge on any atom is -0.383 e. The lowest BCUT2D eigenvalue weighted by molar-refractivity contribution is 0.252. The van der Waals surface area contributed by atoms with Crippen LogP contribution in [0.25, 0.3) is 0 Å². The molecule has 0 fully saturated rings. The number of rotatable bonds is 6. The summed E-state index contributed by atoms with van der Waals surface area (Å²) >= 11 is 11.8. The van der Waals surface area contributed by atoms with Crippen molar-refractivity contribution in [2.75, 3.05) is 11.6 Å². The van der Waals surface area contributed by atoms with Gasteiger partial charge in [-0.25, -0.2) is 10.2 Å². The van der Waals surface area contributed by atoms with Crippen molar-refractivity contribution in [3.05, 3.63) is 94.0 Å². The van der Waals surface area contributed by atoms with Crippen LogP contribution in [0, 0.1) is 0 Å². The van der Waals surface area contributed by atoms with Gasteiger partial charge in [0.15, 0.2) is 0 Å². The van der Waals surface area contributed by atoms with E-state index in [1.54, 1.807) is 60.7 Å². The first kappa shape index (κ1) is 22.6. The molecule has 10 heteroatoms. The summed E-state index contributed by atoms with van der Waals surface area (Å²) in [4.78, 5) is 12.3. The Hall–Kier alpha value is -3.07. The Bertz CT molecular complexity index is 1190. The number of hydrazone groups is 1. The maximum atomic E-state index is 12.3. The average Bonchev–Trinajstić information content (AvgIpc) is 2.71. The molecular weight excluding hydrogens is 461 g/mol. The first-order valence-corrected chi connectivity index (χ1v) is 11.4. The Morgan fingerprint density at radius 3 is 1.84 bits per heavy atom. The van der Waals surface area contributed by atoms with Crippen LogP contribution >= 0.6 is 23.2 Å². The molecule has 0 atom stereocenters. The molecule has 3 aromatic carbocycles. The predicted molar refractivity (Wildman–Crippen MR) is 123 cm³/mol. The molecule has 0 aliphatic heterocycles. The average molecular weight is 478 g/mol. The van der Waals surface area contributed by atoms with Crippen LogP contribution < -0.4 is 14.9 Å². The van der Waals surface area contributed by atoms with Gasteiger partial charge in [-0.1, -0.05) is 35.3 Å². The summed E-state index contributed by atoms with van der Waals surface area (Å²) in [5, 5.41) is 7.99. The molecule has 0 heterocycles. The summed E-state index contributed by atoms with van der Waals surface area (Å²) < 4.78 is 27.5. The quantitative estimate of drug-likeness (QED) is 0.299. The number of urea groups is 1. The van der Waals surface area contributed by atoms with Crippen LogP contribution in [0.1, 0.15) is 11.1 Å². The molecule has 0 saturated carbocycles. The smallest absolute Gasteiger partial charge is 0.339 e. The number of carbonyl (C=O) groups excluding carboxylic acids is 1. The van der Waals surface area contributed by atoms with Crippen LogP contribution in [0.4, 0.5) is 10.5 Å². The van der Waals surface area contributed by atoms with Crippen LogP contribution in [-0.4, -0.2) is 26.4 Å². The molecule has 2 amide bonds. The van der Waals surface area contributed by atoms with Crippen LogP contribution in [0.5, 0.6) is 5.75 Å². The summed E-state index contributed by atoms with van der Waals surface area (Å²) in [5.41, 5.74) is 4.75. The van der Waals surface area contributed by atoms with Crippen molar-refractivity contribution in [3.8, 4) is 5.75 Å². The predicted octanol–water partition coefficient (Wildman–Crippen LogP) is 4.91. The Balaban J connectivity index is 1.85. The van der Waals surface area contributed by atoms with Crippen LogP contribution in [-0.2, 0) is 10.1 Å². The van der Waals surface area contributed by atoms with Gasteiger partial charge in [-0.3, -0.25) is 0 Å². The van der Waals surface area contributed by atoms with E-state index in [4.69, 9.17) is 27.4 Å². The Kier molecular flexibility index (Phi) is 7.17. The van der Waals surface area contributed by atoms with Gasteiger partial charge in [0.1, 0.15) is 5.75 Å². The third kappa shape index (κ3) is 6.99. The van der Waals surface area contributed by atoms with E-state index < -0.39 is 16.1 Å². The minimum absolute atomic E-state index is 0.162. The van der Waals surface area contributed by atoms with Gasteiger partial charge in [0.25, 0.3) is 0 Å². The molecule has 0 bridgehead atoms. The number of nitrogens with zero attached hydrogens (tertiary/aromatic N) is 1. The Morgan fingerprint density at radius 2 is 1.32 bits per heavy atom. The molecule has 31 heavy (non-hydrogen) atoms. The molecule has 3 rings (SSSR count).